The van der Waals surface area contributed by atoms with Gasteiger partial charge in [0.1, 0.15) is 5.82 Å². The third-order valence-electron chi connectivity index (χ3n) is 3.15. The van der Waals surface area contributed by atoms with E-state index in [0.29, 0.717) is 12.3 Å². The summed E-state index contributed by atoms with van der Waals surface area (Å²) in [4.78, 5) is 0. The molecule has 0 aliphatic heterocycles. The third-order valence-corrected chi connectivity index (χ3v) is 4.44. The average molecular weight is 342 g/mol. The zero-order chi connectivity index (χ0) is 13.7. The molecule has 0 saturated heterocycles. The molecule has 0 radical (unpaired) electrons. The van der Waals surface area contributed by atoms with E-state index in [-0.39, 0.29) is 5.82 Å². The summed E-state index contributed by atoms with van der Waals surface area (Å²) in [5.74, 6) is 0.199. The lowest BCUT2D eigenvalue weighted by molar-refractivity contribution is 0.550. The maximum Gasteiger partial charge on any atom is 0.126 e. The van der Waals surface area contributed by atoms with Crippen molar-refractivity contribution in [3.05, 3.63) is 70.5 Å². The van der Waals surface area contributed by atoms with Gasteiger partial charge in [-0.3, -0.25) is 0 Å². The molecule has 19 heavy (non-hydrogen) atoms. The van der Waals surface area contributed by atoms with Crippen LogP contribution in [0.2, 0.25) is 5.02 Å². The monoisotopic (exact) mass is 340 g/mol. The van der Waals surface area contributed by atoms with Gasteiger partial charge < -0.3 is 0 Å². The Morgan fingerprint density at radius 3 is 2.16 bits per heavy atom. The number of benzene rings is 2. The second-order valence-corrected chi connectivity index (χ2v) is 5.67. The Balaban J connectivity index is 2.09. The fourth-order valence-electron chi connectivity index (χ4n) is 2.13. The molecule has 0 amide bonds. The van der Waals surface area contributed by atoms with Gasteiger partial charge in [0, 0.05) is 10.4 Å². The van der Waals surface area contributed by atoms with Crippen LogP contribution in [-0.4, -0.2) is 5.33 Å². The van der Waals surface area contributed by atoms with Gasteiger partial charge in [0.25, 0.3) is 0 Å². The van der Waals surface area contributed by atoms with Crippen molar-refractivity contribution in [2.75, 3.05) is 5.33 Å². The summed E-state index contributed by atoms with van der Waals surface area (Å²) in [7, 11) is 0. The number of hydrogen-bond acceptors (Lipinski definition) is 0. The molecule has 0 fully saturated rings. The van der Waals surface area contributed by atoms with Crippen molar-refractivity contribution in [3.63, 3.8) is 0 Å². The predicted molar refractivity (Wildman–Crippen MR) is 82.5 cm³/mol. The van der Waals surface area contributed by atoms with E-state index in [1.807, 2.05) is 36.4 Å². The Bertz CT molecular complexity index is 494. The lowest BCUT2D eigenvalue weighted by Gasteiger charge is -2.15. The molecule has 0 aromatic heterocycles. The molecular weight excluding hydrogens is 327 g/mol. The van der Waals surface area contributed by atoms with Gasteiger partial charge in [0.2, 0.25) is 0 Å². The SMILES string of the molecule is Fc1ccccc1CC(CBr)Cc1ccccc1Cl. The Labute approximate surface area is 126 Å². The first kappa shape index (κ1) is 14.5. The highest BCUT2D eigenvalue weighted by atomic mass is 79.9. The summed E-state index contributed by atoms with van der Waals surface area (Å²) in [6.45, 7) is 0. The van der Waals surface area contributed by atoms with Crippen molar-refractivity contribution < 1.29 is 4.39 Å². The molecule has 100 valence electrons. The molecule has 0 aliphatic carbocycles. The van der Waals surface area contributed by atoms with Gasteiger partial charge in [-0.15, -0.1) is 0 Å². The average Bonchev–Trinajstić information content (AvgIpc) is 2.42. The van der Waals surface area contributed by atoms with Gasteiger partial charge in [-0.2, -0.15) is 0 Å². The molecule has 2 rings (SSSR count). The van der Waals surface area contributed by atoms with Crippen molar-refractivity contribution in [3.8, 4) is 0 Å². The first-order valence-electron chi connectivity index (χ1n) is 6.23. The highest BCUT2D eigenvalue weighted by Crippen LogP contribution is 2.23. The second kappa shape index (κ2) is 7.06. The summed E-state index contributed by atoms with van der Waals surface area (Å²) >= 11 is 9.68. The standard InChI is InChI=1S/C16H15BrClF/c17-11-12(9-13-5-1-3-7-15(13)18)10-14-6-2-4-8-16(14)19/h1-8,12H,9-11H2. The number of hydrogen-bond donors (Lipinski definition) is 0. The van der Waals surface area contributed by atoms with Gasteiger partial charge in [-0.25, -0.2) is 4.39 Å². The summed E-state index contributed by atoms with van der Waals surface area (Å²) in [6.07, 6.45) is 1.56. The lowest BCUT2D eigenvalue weighted by Crippen LogP contribution is -2.11. The van der Waals surface area contributed by atoms with Gasteiger partial charge in [-0.1, -0.05) is 63.9 Å². The predicted octanol–water partition coefficient (Wildman–Crippen LogP) is 5.28. The molecule has 1 unspecified atom stereocenters. The van der Waals surface area contributed by atoms with Crippen LogP contribution >= 0.6 is 27.5 Å². The molecule has 0 bridgehead atoms. The summed E-state index contributed by atoms with van der Waals surface area (Å²) in [6, 6.07) is 14.8. The Kier molecular flexibility index (Phi) is 5.41. The van der Waals surface area contributed by atoms with Crippen molar-refractivity contribution in [1.82, 2.24) is 0 Å². The van der Waals surface area contributed by atoms with E-state index in [1.165, 1.54) is 6.07 Å². The normalized spacial score (nSPS) is 12.4. The molecule has 0 spiro atoms. The molecule has 1 atom stereocenters. The molecule has 0 saturated carbocycles. The molecule has 0 heterocycles. The zero-order valence-corrected chi connectivity index (χ0v) is 12.8. The van der Waals surface area contributed by atoms with Crippen molar-refractivity contribution >= 4 is 27.5 Å². The van der Waals surface area contributed by atoms with Crippen LogP contribution in [0.1, 0.15) is 11.1 Å². The first-order valence-corrected chi connectivity index (χ1v) is 7.73. The highest BCUT2D eigenvalue weighted by molar-refractivity contribution is 9.09. The summed E-state index contributed by atoms with van der Waals surface area (Å²) < 4.78 is 13.7. The number of rotatable bonds is 5. The van der Waals surface area contributed by atoms with Crippen LogP contribution in [-0.2, 0) is 12.8 Å². The third kappa shape index (κ3) is 4.05. The maximum atomic E-state index is 13.7. The van der Waals surface area contributed by atoms with E-state index in [1.54, 1.807) is 6.07 Å². The maximum absolute atomic E-state index is 13.7. The summed E-state index contributed by atoms with van der Waals surface area (Å²) in [5.41, 5.74) is 1.88. The lowest BCUT2D eigenvalue weighted by atomic mass is 9.94. The molecule has 2 aromatic carbocycles. The van der Waals surface area contributed by atoms with Crippen LogP contribution in [0.4, 0.5) is 4.39 Å². The van der Waals surface area contributed by atoms with Crippen LogP contribution in [0.15, 0.2) is 48.5 Å². The fourth-order valence-corrected chi connectivity index (χ4v) is 2.80. The van der Waals surface area contributed by atoms with Crippen LogP contribution in [0, 0.1) is 11.7 Å². The van der Waals surface area contributed by atoms with Gasteiger partial charge >= 0.3 is 0 Å². The Hall–Kier alpha value is -0.860. The minimum atomic E-state index is -0.132. The van der Waals surface area contributed by atoms with Crippen LogP contribution < -0.4 is 0 Å². The smallest absolute Gasteiger partial charge is 0.126 e. The Morgan fingerprint density at radius 1 is 0.947 bits per heavy atom. The van der Waals surface area contributed by atoms with E-state index in [4.69, 9.17) is 11.6 Å². The minimum absolute atomic E-state index is 0.132. The summed E-state index contributed by atoms with van der Waals surface area (Å²) in [5, 5.41) is 1.61. The number of halogens is 3. The largest absolute Gasteiger partial charge is 0.207 e. The van der Waals surface area contributed by atoms with Crippen molar-refractivity contribution in [1.29, 1.82) is 0 Å². The molecule has 2 aromatic rings. The van der Waals surface area contributed by atoms with Gasteiger partial charge in [0.05, 0.1) is 0 Å². The van der Waals surface area contributed by atoms with Crippen LogP contribution in [0.5, 0.6) is 0 Å². The van der Waals surface area contributed by atoms with E-state index < -0.39 is 0 Å². The first-order chi connectivity index (χ1) is 9.20. The van der Waals surface area contributed by atoms with E-state index >= 15 is 0 Å². The molecular formula is C16H15BrClF. The van der Waals surface area contributed by atoms with Crippen molar-refractivity contribution in [2.24, 2.45) is 5.92 Å². The van der Waals surface area contributed by atoms with Gasteiger partial charge in [-0.05, 0) is 42.0 Å². The Morgan fingerprint density at radius 2 is 1.53 bits per heavy atom. The van der Waals surface area contributed by atoms with Crippen LogP contribution in [0.3, 0.4) is 0 Å². The number of alkyl halides is 1. The molecule has 0 aliphatic rings. The quantitative estimate of drug-likeness (QED) is 0.649. The fraction of sp³-hybridized carbons (Fsp3) is 0.250. The van der Waals surface area contributed by atoms with Gasteiger partial charge in [0.15, 0.2) is 0 Å². The van der Waals surface area contributed by atoms with Crippen LogP contribution in [0.25, 0.3) is 0 Å². The minimum Gasteiger partial charge on any atom is -0.207 e. The zero-order valence-electron chi connectivity index (χ0n) is 10.5. The van der Waals surface area contributed by atoms with E-state index in [0.717, 1.165) is 27.9 Å². The topological polar surface area (TPSA) is 0 Å². The second-order valence-electron chi connectivity index (χ2n) is 4.61. The van der Waals surface area contributed by atoms with E-state index in [9.17, 15) is 4.39 Å². The van der Waals surface area contributed by atoms with Crippen molar-refractivity contribution in [2.45, 2.75) is 12.8 Å². The molecule has 0 N–H and O–H groups in total. The molecule has 3 heteroatoms. The van der Waals surface area contributed by atoms with E-state index in [2.05, 4.69) is 15.9 Å². The molecule has 0 nitrogen and oxygen atoms in total. The highest BCUT2D eigenvalue weighted by Gasteiger charge is 2.13.